The summed E-state index contributed by atoms with van der Waals surface area (Å²) >= 11 is 0. The predicted molar refractivity (Wildman–Crippen MR) is 163 cm³/mol. The number of H-pyrrole nitrogens is 1. The van der Waals surface area contributed by atoms with Crippen LogP contribution in [-0.4, -0.2) is 39.2 Å². The third kappa shape index (κ3) is 8.64. The van der Waals surface area contributed by atoms with Crippen LogP contribution in [0.1, 0.15) is 33.3 Å². The quantitative estimate of drug-likeness (QED) is 0.149. The van der Waals surface area contributed by atoms with Gasteiger partial charge in [-0.2, -0.15) is 4.31 Å². The summed E-state index contributed by atoms with van der Waals surface area (Å²) in [7, 11) is -10.1. The first-order valence-electron chi connectivity index (χ1n) is 13.9. The van der Waals surface area contributed by atoms with Crippen LogP contribution in [0, 0.1) is 6.92 Å². The van der Waals surface area contributed by atoms with E-state index in [2.05, 4.69) is 4.98 Å². The molecule has 0 radical (unpaired) electrons. The fourth-order valence-corrected chi connectivity index (χ4v) is 7.18. The van der Waals surface area contributed by atoms with Crippen molar-refractivity contribution in [2.75, 3.05) is 6.61 Å². The number of aryl methyl sites for hydroxylation is 1. The van der Waals surface area contributed by atoms with E-state index in [1.165, 1.54) is 25.3 Å². The second kappa shape index (κ2) is 14.6. The smallest absolute Gasteiger partial charge is 0.451 e. The Morgan fingerprint density at radius 3 is 2.02 bits per heavy atom. The van der Waals surface area contributed by atoms with Crippen molar-refractivity contribution in [2.24, 2.45) is 0 Å². The van der Waals surface area contributed by atoms with Crippen molar-refractivity contribution >= 4 is 21.6 Å². The van der Waals surface area contributed by atoms with E-state index in [0.717, 1.165) is 4.57 Å². The standard InChI is InChI=1S/C30H30N2O12P2/c1-21-17-32(30(35)31-27(21)33)28-26(42-29(34)24-15-9-4-10-16-24)25(20-39-28)43-45(36,37)44-46(38,40-18-22-11-5-2-6-12-22)41-19-23-13-7-3-8-14-23/h2-17,25-26,28H,18-20H2,1H3,(H,36,37)(H,31,33,35)/t25-,26+,28+/m0/s1. The number of carbonyl (C=O) groups is 1. The van der Waals surface area contributed by atoms with Crippen LogP contribution >= 0.6 is 15.6 Å². The van der Waals surface area contributed by atoms with Crippen LogP contribution in [0.5, 0.6) is 0 Å². The summed E-state index contributed by atoms with van der Waals surface area (Å²) in [5.74, 6) is -0.861. The van der Waals surface area contributed by atoms with Crippen molar-refractivity contribution < 1.29 is 46.2 Å². The Kier molecular flexibility index (Phi) is 10.6. The van der Waals surface area contributed by atoms with E-state index in [1.807, 2.05) is 0 Å². The number of aromatic nitrogens is 2. The zero-order valence-corrected chi connectivity index (χ0v) is 26.2. The molecule has 3 aromatic carbocycles. The monoisotopic (exact) mass is 672 g/mol. The Morgan fingerprint density at radius 1 is 0.913 bits per heavy atom. The van der Waals surface area contributed by atoms with Crippen molar-refractivity contribution in [2.45, 2.75) is 38.6 Å². The summed E-state index contributed by atoms with van der Waals surface area (Å²) in [6.45, 7) is 0.372. The highest BCUT2D eigenvalue weighted by molar-refractivity contribution is 7.61. The summed E-state index contributed by atoms with van der Waals surface area (Å²) in [6.07, 6.45) is -3.24. The van der Waals surface area contributed by atoms with E-state index in [4.69, 9.17) is 27.4 Å². The van der Waals surface area contributed by atoms with E-state index in [1.54, 1.807) is 78.9 Å². The predicted octanol–water partition coefficient (Wildman–Crippen LogP) is 4.64. The lowest BCUT2D eigenvalue weighted by atomic mass is 10.2. The molecule has 1 saturated heterocycles. The van der Waals surface area contributed by atoms with Crippen molar-refractivity contribution in [3.05, 3.63) is 140 Å². The molecule has 16 heteroatoms. The van der Waals surface area contributed by atoms with E-state index in [9.17, 15) is 28.4 Å². The Balaban J connectivity index is 1.39. The van der Waals surface area contributed by atoms with Crippen LogP contribution in [0.4, 0.5) is 0 Å². The number of esters is 1. The average molecular weight is 673 g/mol. The summed E-state index contributed by atoms with van der Waals surface area (Å²) in [6, 6.07) is 25.0. The number of phosphoric ester groups is 2. The maximum absolute atomic E-state index is 13.7. The normalized spacial score (nSPS) is 19.4. The lowest BCUT2D eigenvalue weighted by Crippen LogP contribution is -2.40. The second-order valence-corrected chi connectivity index (χ2v) is 13.3. The molecule has 5 rings (SSSR count). The van der Waals surface area contributed by atoms with Crippen LogP contribution in [0.3, 0.4) is 0 Å². The summed E-state index contributed by atoms with van der Waals surface area (Å²) in [5, 5.41) is 0. The van der Waals surface area contributed by atoms with Crippen molar-refractivity contribution in [1.29, 1.82) is 0 Å². The first kappa shape index (κ1) is 33.4. The van der Waals surface area contributed by atoms with Crippen molar-refractivity contribution in [3.63, 3.8) is 0 Å². The number of carbonyl (C=O) groups excluding carboxylic acids is 1. The minimum atomic E-state index is -5.34. The van der Waals surface area contributed by atoms with Gasteiger partial charge in [-0.25, -0.2) is 18.7 Å². The number of ether oxygens (including phenoxy) is 2. The molecule has 1 aliphatic heterocycles. The maximum atomic E-state index is 13.7. The molecule has 14 nitrogen and oxygen atoms in total. The van der Waals surface area contributed by atoms with Gasteiger partial charge in [-0.15, -0.1) is 0 Å². The Labute approximate surface area is 262 Å². The van der Waals surface area contributed by atoms with Gasteiger partial charge >= 0.3 is 27.3 Å². The number of hydrogen-bond donors (Lipinski definition) is 2. The highest BCUT2D eigenvalue weighted by atomic mass is 31.3. The minimum Gasteiger partial charge on any atom is -0.451 e. The van der Waals surface area contributed by atoms with E-state index >= 15 is 0 Å². The highest BCUT2D eigenvalue weighted by Crippen LogP contribution is 2.65. The SMILES string of the molecule is Cc1cn([C@@H]2OC[C@H](OP(=O)(O)OP(=O)(OCc3ccccc3)OCc3ccccc3)[C@H]2OC(=O)c2ccccc2)c(=O)[nH]c1=O. The number of nitrogens with zero attached hydrogens (tertiary/aromatic N) is 1. The summed E-state index contributed by atoms with van der Waals surface area (Å²) < 4.78 is 60.6. The number of rotatable bonds is 13. The van der Waals surface area contributed by atoms with Gasteiger partial charge in [0.1, 0.15) is 6.10 Å². The van der Waals surface area contributed by atoms with E-state index in [0.29, 0.717) is 11.1 Å². The van der Waals surface area contributed by atoms with Crippen LogP contribution in [0.2, 0.25) is 0 Å². The summed E-state index contributed by atoms with van der Waals surface area (Å²) in [4.78, 5) is 50.7. The average Bonchev–Trinajstić information content (AvgIpc) is 3.42. The zero-order chi connectivity index (χ0) is 32.7. The second-order valence-electron chi connectivity index (χ2n) is 10.1. The van der Waals surface area contributed by atoms with Crippen LogP contribution < -0.4 is 11.2 Å². The van der Waals surface area contributed by atoms with Gasteiger partial charge in [-0.3, -0.25) is 27.9 Å². The fraction of sp³-hybridized carbons (Fsp3) is 0.233. The summed E-state index contributed by atoms with van der Waals surface area (Å²) in [5.41, 5.74) is -0.106. The number of benzene rings is 3. The molecule has 0 spiro atoms. The van der Waals surface area contributed by atoms with Crippen molar-refractivity contribution in [1.82, 2.24) is 9.55 Å². The van der Waals surface area contributed by atoms with Gasteiger partial charge < -0.3 is 14.4 Å². The van der Waals surface area contributed by atoms with Gasteiger partial charge in [0.25, 0.3) is 5.56 Å². The third-order valence-electron chi connectivity index (χ3n) is 6.69. The molecule has 1 fully saturated rings. The van der Waals surface area contributed by atoms with Gasteiger partial charge in [-0.1, -0.05) is 78.9 Å². The maximum Gasteiger partial charge on any atom is 0.484 e. The van der Waals surface area contributed by atoms with Gasteiger partial charge in [0.05, 0.1) is 25.4 Å². The molecule has 4 aromatic rings. The van der Waals surface area contributed by atoms with Gasteiger partial charge in [0, 0.05) is 11.8 Å². The first-order valence-corrected chi connectivity index (χ1v) is 16.9. The molecule has 0 saturated carbocycles. The van der Waals surface area contributed by atoms with Crippen LogP contribution in [0.25, 0.3) is 0 Å². The molecule has 4 atom stereocenters. The Hall–Kier alpha value is -3.97. The van der Waals surface area contributed by atoms with Gasteiger partial charge in [0.15, 0.2) is 12.3 Å². The Morgan fingerprint density at radius 2 is 1.46 bits per heavy atom. The minimum absolute atomic E-state index is 0.133. The largest absolute Gasteiger partial charge is 0.484 e. The molecule has 0 bridgehead atoms. The lowest BCUT2D eigenvalue weighted by Gasteiger charge is -2.26. The molecule has 2 heterocycles. The molecule has 46 heavy (non-hydrogen) atoms. The van der Waals surface area contributed by atoms with Crippen molar-refractivity contribution in [3.8, 4) is 0 Å². The number of aromatic amines is 1. The third-order valence-corrected chi connectivity index (χ3v) is 9.74. The molecule has 0 aliphatic carbocycles. The Bertz CT molecular complexity index is 1800. The topological polar surface area (TPSA) is 182 Å². The van der Waals surface area contributed by atoms with Gasteiger partial charge in [0.2, 0.25) is 0 Å². The highest BCUT2D eigenvalue weighted by Gasteiger charge is 2.49. The molecule has 0 amide bonds. The van der Waals surface area contributed by atoms with Crippen LogP contribution in [0.15, 0.2) is 107 Å². The first-order chi connectivity index (χ1) is 22.0. The molecule has 1 unspecified atom stereocenters. The van der Waals surface area contributed by atoms with Crippen LogP contribution in [-0.2, 0) is 49.7 Å². The molecule has 2 N–H and O–H groups in total. The number of nitrogens with one attached hydrogen (secondary N) is 1. The molecule has 242 valence electrons. The molecular formula is C30H30N2O12P2. The fourth-order valence-electron chi connectivity index (χ4n) is 4.43. The molecular weight excluding hydrogens is 642 g/mol. The molecule has 1 aliphatic rings. The zero-order valence-electron chi connectivity index (χ0n) is 24.4. The van der Waals surface area contributed by atoms with Gasteiger partial charge in [-0.05, 0) is 30.2 Å². The van der Waals surface area contributed by atoms with E-state index in [-0.39, 0.29) is 24.3 Å². The lowest BCUT2D eigenvalue weighted by molar-refractivity contribution is -0.0435. The molecule has 1 aromatic heterocycles. The number of phosphoric acid groups is 2. The number of hydrogen-bond acceptors (Lipinski definition) is 11. The van der Waals surface area contributed by atoms with E-state index < -0.39 is 57.9 Å².